The van der Waals surface area contributed by atoms with Gasteiger partial charge < -0.3 is 20.1 Å². The van der Waals surface area contributed by atoms with E-state index in [9.17, 15) is 0 Å². The van der Waals surface area contributed by atoms with Crippen molar-refractivity contribution in [2.24, 2.45) is 4.99 Å². The van der Waals surface area contributed by atoms with Crippen molar-refractivity contribution in [1.82, 2.24) is 15.5 Å². The molecule has 8 heteroatoms. The van der Waals surface area contributed by atoms with Crippen LogP contribution in [0.15, 0.2) is 40.0 Å². The Bertz CT molecular complexity index is 763. The Morgan fingerprint density at radius 1 is 1.20 bits per heavy atom. The van der Waals surface area contributed by atoms with E-state index in [1.54, 1.807) is 25.6 Å². The molecule has 1 aromatic heterocycles. The molecule has 0 saturated carbocycles. The number of hydrogen-bond donors (Lipinski definition) is 2. The molecule has 1 aromatic carbocycles. The monoisotopic (exact) mass is 544 g/mol. The van der Waals surface area contributed by atoms with E-state index >= 15 is 0 Å². The van der Waals surface area contributed by atoms with Crippen molar-refractivity contribution in [3.63, 3.8) is 0 Å². The predicted molar refractivity (Wildman–Crippen MR) is 136 cm³/mol. The molecule has 1 aliphatic heterocycles. The largest absolute Gasteiger partial charge is 0.497 e. The average Bonchev–Trinajstić information content (AvgIpc) is 3.40. The van der Waals surface area contributed by atoms with Gasteiger partial charge in [0.25, 0.3) is 0 Å². The number of benzene rings is 1. The van der Waals surface area contributed by atoms with Gasteiger partial charge in [0.05, 0.1) is 14.2 Å². The molecule has 0 aliphatic carbocycles. The molecule has 30 heavy (non-hydrogen) atoms. The van der Waals surface area contributed by atoms with Gasteiger partial charge in [-0.05, 0) is 59.9 Å². The van der Waals surface area contributed by atoms with Gasteiger partial charge in [-0.1, -0.05) is 0 Å². The number of rotatable bonds is 9. The summed E-state index contributed by atoms with van der Waals surface area (Å²) >= 11 is 1.74. The van der Waals surface area contributed by atoms with Gasteiger partial charge >= 0.3 is 0 Å². The highest BCUT2D eigenvalue weighted by Crippen LogP contribution is 2.24. The minimum atomic E-state index is 0. The molecule has 0 amide bonds. The number of nitrogens with zero attached hydrogens (tertiary/aromatic N) is 2. The third-order valence-electron chi connectivity index (χ3n) is 5.03. The molecule has 1 atom stereocenters. The highest BCUT2D eigenvalue weighted by atomic mass is 127. The fourth-order valence-corrected chi connectivity index (χ4v) is 4.26. The van der Waals surface area contributed by atoms with Crippen LogP contribution in [0.1, 0.15) is 24.5 Å². The van der Waals surface area contributed by atoms with Gasteiger partial charge in [-0.25, -0.2) is 0 Å². The fourth-order valence-electron chi connectivity index (χ4n) is 3.56. The number of guanidine groups is 1. The van der Waals surface area contributed by atoms with Crippen LogP contribution in [0.2, 0.25) is 0 Å². The maximum Gasteiger partial charge on any atom is 0.191 e. The highest BCUT2D eigenvalue weighted by Gasteiger charge is 2.23. The molecule has 0 bridgehead atoms. The number of aliphatic imine (C=N–C) groups is 1. The first kappa shape index (κ1) is 24.7. The van der Waals surface area contributed by atoms with Crippen molar-refractivity contribution in [2.45, 2.75) is 32.4 Å². The Morgan fingerprint density at radius 3 is 2.60 bits per heavy atom. The highest BCUT2D eigenvalue weighted by molar-refractivity contribution is 14.0. The number of likely N-dealkylation sites (tertiary alicyclic amines) is 1. The summed E-state index contributed by atoms with van der Waals surface area (Å²) < 4.78 is 10.8. The normalized spacial score (nSPS) is 16.8. The standard InChI is InChI=1S/C22H32N4O2S.HI/c1-4-23-22(24-8-5-17-7-10-29-16-17)25-19-6-9-26(15-19)14-18-11-20(27-2)13-21(12-18)28-3;/h7,10-13,16,19H,4-6,8-9,14-15H2,1-3H3,(H2,23,24,25);1H. The molecule has 6 nitrogen and oxygen atoms in total. The van der Waals surface area contributed by atoms with Gasteiger partial charge in [-0.15, -0.1) is 24.0 Å². The second-order valence-corrected chi connectivity index (χ2v) is 8.01. The number of nitrogens with one attached hydrogen (secondary N) is 2. The van der Waals surface area contributed by atoms with Crippen molar-refractivity contribution in [1.29, 1.82) is 0 Å². The molecule has 1 unspecified atom stereocenters. The van der Waals surface area contributed by atoms with Crippen molar-refractivity contribution >= 4 is 41.3 Å². The lowest BCUT2D eigenvalue weighted by Crippen LogP contribution is -2.44. The molecule has 3 rings (SSSR count). The lowest BCUT2D eigenvalue weighted by molar-refractivity contribution is 0.321. The second kappa shape index (κ2) is 13.0. The molecule has 1 saturated heterocycles. The first-order chi connectivity index (χ1) is 14.2. The van der Waals surface area contributed by atoms with Crippen LogP contribution in [0.25, 0.3) is 0 Å². The van der Waals surface area contributed by atoms with Gasteiger partial charge in [-0.2, -0.15) is 11.3 Å². The fraction of sp³-hybridized carbons (Fsp3) is 0.500. The minimum absolute atomic E-state index is 0. The summed E-state index contributed by atoms with van der Waals surface area (Å²) in [5, 5.41) is 11.3. The van der Waals surface area contributed by atoms with Gasteiger partial charge in [-0.3, -0.25) is 9.89 Å². The summed E-state index contributed by atoms with van der Waals surface area (Å²) in [5.74, 6) is 2.58. The first-order valence-corrected chi connectivity index (χ1v) is 11.1. The van der Waals surface area contributed by atoms with E-state index in [0.717, 1.165) is 63.0 Å². The quantitative estimate of drug-likeness (QED) is 0.286. The number of ether oxygens (including phenoxy) is 2. The molecule has 2 heterocycles. The summed E-state index contributed by atoms with van der Waals surface area (Å²) in [7, 11) is 3.38. The van der Waals surface area contributed by atoms with E-state index in [1.807, 2.05) is 6.07 Å². The molecule has 2 N–H and O–H groups in total. The lowest BCUT2D eigenvalue weighted by atomic mass is 10.2. The second-order valence-electron chi connectivity index (χ2n) is 7.23. The van der Waals surface area contributed by atoms with E-state index in [4.69, 9.17) is 14.5 Å². The summed E-state index contributed by atoms with van der Waals surface area (Å²) in [5.41, 5.74) is 2.56. The van der Waals surface area contributed by atoms with Crippen LogP contribution in [-0.2, 0) is 13.0 Å². The zero-order chi connectivity index (χ0) is 20.5. The average molecular weight is 545 g/mol. The minimum Gasteiger partial charge on any atom is -0.497 e. The first-order valence-electron chi connectivity index (χ1n) is 10.2. The van der Waals surface area contributed by atoms with E-state index in [2.05, 4.69) is 51.4 Å². The van der Waals surface area contributed by atoms with Crippen LogP contribution < -0.4 is 20.1 Å². The molecule has 166 valence electrons. The molecular formula is C22H33IN4O2S. The number of hydrogen-bond acceptors (Lipinski definition) is 5. The smallest absolute Gasteiger partial charge is 0.191 e. The Kier molecular flexibility index (Phi) is 10.7. The molecule has 0 radical (unpaired) electrons. The summed E-state index contributed by atoms with van der Waals surface area (Å²) in [4.78, 5) is 7.21. The van der Waals surface area contributed by atoms with Crippen molar-refractivity contribution in [3.05, 3.63) is 46.2 Å². The van der Waals surface area contributed by atoms with Crippen molar-refractivity contribution < 1.29 is 9.47 Å². The van der Waals surface area contributed by atoms with Crippen molar-refractivity contribution in [2.75, 3.05) is 40.4 Å². The maximum atomic E-state index is 5.39. The Morgan fingerprint density at radius 2 is 1.97 bits per heavy atom. The number of thiophene rings is 1. The van der Waals surface area contributed by atoms with Gasteiger partial charge in [0.15, 0.2) is 5.96 Å². The lowest BCUT2D eigenvalue weighted by Gasteiger charge is -2.19. The topological polar surface area (TPSA) is 58.1 Å². The van der Waals surface area contributed by atoms with E-state index in [1.165, 1.54) is 11.1 Å². The Labute approximate surface area is 201 Å². The summed E-state index contributed by atoms with van der Waals surface area (Å²) in [6.07, 6.45) is 2.09. The maximum absolute atomic E-state index is 5.39. The predicted octanol–water partition coefficient (Wildman–Crippen LogP) is 3.76. The number of methoxy groups -OCH3 is 2. The molecule has 0 spiro atoms. The molecule has 1 fully saturated rings. The third-order valence-corrected chi connectivity index (χ3v) is 5.76. The Hall–Kier alpha value is -1.52. The van der Waals surface area contributed by atoms with Crippen molar-refractivity contribution in [3.8, 4) is 11.5 Å². The van der Waals surface area contributed by atoms with E-state index in [-0.39, 0.29) is 24.0 Å². The summed E-state index contributed by atoms with van der Waals surface area (Å²) in [6.45, 7) is 6.71. The van der Waals surface area contributed by atoms with Gasteiger partial charge in [0.2, 0.25) is 0 Å². The van der Waals surface area contributed by atoms with Crippen LogP contribution in [0.5, 0.6) is 11.5 Å². The molecule has 2 aromatic rings. The van der Waals surface area contributed by atoms with E-state index in [0.29, 0.717) is 6.04 Å². The van der Waals surface area contributed by atoms with E-state index < -0.39 is 0 Å². The molecule has 1 aliphatic rings. The molecular weight excluding hydrogens is 511 g/mol. The van der Waals surface area contributed by atoms with Crippen LogP contribution in [-0.4, -0.2) is 57.3 Å². The zero-order valence-electron chi connectivity index (χ0n) is 18.0. The van der Waals surface area contributed by atoms with Crippen LogP contribution >= 0.6 is 35.3 Å². The summed E-state index contributed by atoms with van der Waals surface area (Å²) in [6, 6.07) is 8.65. The van der Waals surface area contributed by atoms with Crippen LogP contribution in [0, 0.1) is 0 Å². The number of halogens is 1. The van der Waals surface area contributed by atoms with Crippen LogP contribution in [0.3, 0.4) is 0 Å². The Balaban J connectivity index is 0.00000320. The van der Waals surface area contributed by atoms with Gasteiger partial charge in [0, 0.05) is 44.8 Å². The van der Waals surface area contributed by atoms with Crippen LogP contribution in [0.4, 0.5) is 0 Å². The third kappa shape index (κ3) is 7.63. The van der Waals surface area contributed by atoms with Gasteiger partial charge in [0.1, 0.15) is 11.5 Å². The zero-order valence-corrected chi connectivity index (χ0v) is 21.2. The SMILES string of the molecule is CCNC(=NCCc1ccsc1)NC1CCN(Cc2cc(OC)cc(OC)c2)C1.I.